The third-order valence-electron chi connectivity index (χ3n) is 6.62. The second kappa shape index (κ2) is 10.1. The predicted molar refractivity (Wildman–Crippen MR) is 133 cm³/mol. The molecular formula is C25H26F2N2O5S2. The molecule has 0 aliphatic heterocycles. The van der Waals surface area contributed by atoms with Crippen molar-refractivity contribution in [3.8, 4) is 16.3 Å². The quantitative estimate of drug-likeness (QED) is 0.373. The van der Waals surface area contributed by atoms with Crippen LogP contribution in [0, 0.1) is 24.5 Å². The molecule has 0 bridgehead atoms. The maximum atomic E-state index is 15.3. The first kappa shape index (κ1) is 26.0. The molecule has 0 radical (unpaired) electrons. The number of rotatable bonds is 7. The Labute approximate surface area is 212 Å². The molecule has 0 spiro atoms. The molecule has 2 aromatic carbocycles. The fourth-order valence-electron chi connectivity index (χ4n) is 4.49. The summed E-state index contributed by atoms with van der Waals surface area (Å²) in [5.74, 6) is -2.27. The van der Waals surface area contributed by atoms with Gasteiger partial charge in [-0.3, -0.25) is 4.72 Å². The number of nitrogens with one attached hydrogen (secondary N) is 1. The summed E-state index contributed by atoms with van der Waals surface area (Å²) in [6.45, 7) is 3.87. The van der Waals surface area contributed by atoms with Gasteiger partial charge in [-0.05, 0) is 48.8 Å². The van der Waals surface area contributed by atoms with Crippen LogP contribution in [0.2, 0.25) is 0 Å². The van der Waals surface area contributed by atoms with Gasteiger partial charge in [0.25, 0.3) is 10.0 Å². The van der Waals surface area contributed by atoms with Gasteiger partial charge in [-0.25, -0.2) is 18.6 Å². The number of hydrogen-bond donors (Lipinski definition) is 2. The van der Waals surface area contributed by atoms with Crippen LogP contribution >= 0.6 is 11.3 Å². The molecule has 4 rings (SSSR count). The Balaban J connectivity index is 1.61. The number of hydrogen-bond acceptors (Lipinski definition) is 6. The van der Waals surface area contributed by atoms with Gasteiger partial charge in [0.05, 0.1) is 18.4 Å². The third kappa shape index (κ3) is 5.08. The topological polar surface area (TPSA) is 106 Å². The third-order valence-corrected chi connectivity index (χ3v) is 8.90. The van der Waals surface area contributed by atoms with E-state index in [4.69, 9.17) is 9.84 Å². The van der Waals surface area contributed by atoms with E-state index < -0.39 is 27.4 Å². The zero-order chi connectivity index (χ0) is 26.2. The monoisotopic (exact) mass is 536 g/mol. The number of aromatic nitrogens is 1. The Morgan fingerprint density at radius 1 is 1.19 bits per heavy atom. The molecule has 0 saturated heterocycles. The summed E-state index contributed by atoms with van der Waals surface area (Å²) in [5, 5.41) is 10.4. The summed E-state index contributed by atoms with van der Waals surface area (Å²) >= 11 is 1.04. The van der Waals surface area contributed by atoms with Crippen LogP contribution in [0.15, 0.2) is 34.7 Å². The molecular weight excluding hydrogens is 510 g/mol. The van der Waals surface area contributed by atoms with Crippen LogP contribution in [0.3, 0.4) is 0 Å². The van der Waals surface area contributed by atoms with Gasteiger partial charge >= 0.3 is 5.97 Å². The number of ether oxygens (including phenoxy) is 1. The normalized spacial score (nSPS) is 18.1. The standard InChI is InChI=1S/C25H26F2N2O5S2/c1-13-4-6-15(7-5-13)17-9-8-16(14(2)23(17)27)24-28-22(12-35-24)36(32,33)29-20-11-19(26)18(25(30)31)10-21(20)34-3/h8-13,15,29H,4-7H2,1-3H3,(H,30,31). The minimum Gasteiger partial charge on any atom is -0.495 e. The molecule has 2 N–H and O–H groups in total. The number of halogens is 2. The van der Waals surface area contributed by atoms with Crippen LogP contribution in [0.5, 0.6) is 5.75 Å². The number of methoxy groups -OCH3 is 1. The lowest BCUT2D eigenvalue weighted by atomic mass is 9.78. The smallest absolute Gasteiger partial charge is 0.338 e. The number of anilines is 1. The summed E-state index contributed by atoms with van der Waals surface area (Å²) in [6.07, 6.45) is 4.03. The maximum absolute atomic E-state index is 15.3. The molecule has 7 nitrogen and oxygen atoms in total. The predicted octanol–water partition coefficient (Wildman–Crippen LogP) is 6.20. The van der Waals surface area contributed by atoms with E-state index in [2.05, 4.69) is 16.6 Å². The number of carbonyl (C=O) groups is 1. The van der Waals surface area contributed by atoms with Gasteiger partial charge in [0.2, 0.25) is 0 Å². The van der Waals surface area contributed by atoms with Gasteiger partial charge in [-0.1, -0.05) is 31.9 Å². The van der Waals surface area contributed by atoms with E-state index in [9.17, 15) is 17.6 Å². The van der Waals surface area contributed by atoms with Crippen LogP contribution in [0.25, 0.3) is 10.6 Å². The molecule has 0 atom stereocenters. The molecule has 3 aromatic rings. The number of benzene rings is 2. The second-order valence-electron chi connectivity index (χ2n) is 9.03. The van der Waals surface area contributed by atoms with Crippen molar-refractivity contribution in [2.75, 3.05) is 11.8 Å². The molecule has 1 aromatic heterocycles. The lowest BCUT2D eigenvalue weighted by Crippen LogP contribution is -2.15. The molecule has 0 amide bonds. The first-order chi connectivity index (χ1) is 17.0. The van der Waals surface area contributed by atoms with E-state index in [1.165, 1.54) is 12.5 Å². The van der Waals surface area contributed by atoms with Crippen molar-refractivity contribution in [2.45, 2.75) is 50.5 Å². The van der Waals surface area contributed by atoms with E-state index in [0.29, 0.717) is 27.6 Å². The average molecular weight is 537 g/mol. The van der Waals surface area contributed by atoms with Gasteiger partial charge in [0.15, 0.2) is 5.03 Å². The molecule has 36 heavy (non-hydrogen) atoms. The zero-order valence-electron chi connectivity index (χ0n) is 20.0. The summed E-state index contributed by atoms with van der Waals surface area (Å²) in [7, 11) is -3.07. The van der Waals surface area contributed by atoms with Crippen molar-refractivity contribution in [3.05, 3.63) is 58.0 Å². The van der Waals surface area contributed by atoms with Crippen molar-refractivity contribution in [1.29, 1.82) is 0 Å². The highest BCUT2D eigenvalue weighted by atomic mass is 32.2. The Bertz CT molecular complexity index is 1410. The zero-order valence-corrected chi connectivity index (χ0v) is 21.6. The van der Waals surface area contributed by atoms with Gasteiger partial charge in [-0.2, -0.15) is 8.42 Å². The summed E-state index contributed by atoms with van der Waals surface area (Å²) in [4.78, 5) is 15.3. The molecule has 192 valence electrons. The van der Waals surface area contributed by atoms with Crippen LogP contribution in [0.4, 0.5) is 14.5 Å². The average Bonchev–Trinajstić information content (AvgIpc) is 3.32. The molecule has 1 heterocycles. The van der Waals surface area contributed by atoms with Crippen molar-refractivity contribution in [2.24, 2.45) is 5.92 Å². The van der Waals surface area contributed by atoms with Crippen LogP contribution < -0.4 is 9.46 Å². The van der Waals surface area contributed by atoms with E-state index in [-0.39, 0.29) is 28.2 Å². The van der Waals surface area contributed by atoms with Crippen molar-refractivity contribution < 1.29 is 31.8 Å². The molecule has 1 aliphatic carbocycles. The highest BCUT2D eigenvalue weighted by molar-refractivity contribution is 7.92. The molecule has 1 aliphatic rings. The highest BCUT2D eigenvalue weighted by Gasteiger charge is 2.26. The largest absolute Gasteiger partial charge is 0.495 e. The summed E-state index contributed by atoms with van der Waals surface area (Å²) in [6, 6.07) is 5.17. The molecule has 0 unspecified atom stereocenters. The number of carboxylic acid groups (broad SMARTS) is 1. The summed E-state index contributed by atoms with van der Waals surface area (Å²) < 4.78 is 62.6. The highest BCUT2D eigenvalue weighted by Crippen LogP contribution is 2.40. The minimum absolute atomic E-state index is 0.168. The molecule has 11 heteroatoms. The minimum atomic E-state index is -4.28. The number of nitrogens with zero attached hydrogens (tertiary/aromatic N) is 1. The van der Waals surface area contributed by atoms with Crippen LogP contribution in [-0.2, 0) is 10.0 Å². The fraction of sp³-hybridized carbons (Fsp3) is 0.360. The number of carboxylic acids is 1. The first-order valence-electron chi connectivity index (χ1n) is 11.4. The number of sulfonamides is 1. The lowest BCUT2D eigenvalue weighted by molar-refractivity contribution is 0.0691. The van der Waals surface area contributed by atoms with Gasteiger partial charge < -0.3 is 9.84 Å². The van der Waals surface area contributed by atoms with Gasteiger partial charge in [0.1, 0.15) is 22.4 Å². The van der Waals surface area contributed by atoms with Crippen molar-refractivity contribution in [3.63, 3.8) is 0 Å². The SMILES string of the molecule is COc1cc(C(=O)O)c(F)cc1NS(=O)(=O)c1csc(-c2ccc(C3CCC(C)CC3)c(F)c2C)n1. The Kier molecular flexibility index (Phi) is 7.33. The van der Waals surface area contributed by atoms with E-state index in [1.54, 1.807) is 19.1 Å². The Hall–Kier alpha value is -3.05. The van der Waals surface area contributed by atoms with Crippen molar-refractivity contribution >= 4 is 33.0 Å². The number of aromatic carboxylic acids is 1. The first-order valence-corrected chi connectivity index (χ1v) is 13.8. The van der Waals surface area contributed by atoms with Crippen LogP contribution in [0.1, 0.15) is 60.0 Å². The second-order valence-corrected chi connectivity index (χ2v) is 11.5. The Morgan fingerprint density at radius 3 is 2.53 bits per heavy atom. The van der Waals surface area contributed by atoms with Gasteiger partial charge in [-0.15, -0.1) is 11.3 Å². The summed E-state index contributed by atoms with van der Waals surface area (Å²) in [5.41, 5.74) is 0.664. The maximum Gasteiger partial charge on any atom is 0.338 e. The fourth-order valence-corrected chi connectivity index (χ4v) is 6.73. The number of thiazole rings is 1. The van der Waals surface area contributed by atoms with Gasteiger partial charge in [0, 0.05) is 17.0 Å². The Morgan fingerprint density at radius 2 is 1.89 bits per heavy atom. The van der Waals surface area contributed by atoms with E-state index >= 15 is 4.39 Å². The van der Waals surface area contributed by atoms with Crippen molar-refractivity contribution in [1.82, 2.24) is 4.98 Å². The van der Waals surface area contributed by atoms with E-state index in [0.717, 1.165) is 49.2 Å². The molecule has 1 saturated carbocycles. The molecule has 1 fully saturated rings. The van der Waals surface area contributed by atoms with Crippen LogP contribution in [-0.4, -0.2) is 31.6 Å². The van der Waals surface area contributed by atoms with E-state index in [1.807, 2.05) is 0 Å². The lowest BCUT2D eigenvalue weighted by Gasteiger charge is -2.27.